The third-order valence-corrected chi connectivity index (χ3v) is 6.45. The topological polar surface area (TPSA) is 75.9 Å². The van der Waals surface area contributed by atoms with Crippen LogP contribution in [-0.4, -0.2) is 51.7 Å². The van der Waals surface area contributed by atoms with Gasteiger partial charge in [-0.3, -0.25) is 14.5 Å². The van der Waals surface area contributed by atoms with E-state index in [1.807, 2.05) is 44.8 Å². The molecule has 7 nitrogen and oxygen atoms in total. The maximum absolute atomic E-state index is 13.1. The van der Waals surface area contributed by atoms with Crippen molar-refractivity contribution in [1.29, 1.82) is 0 Å². The molecule has 168 valence electrons. The van der Waals surface area contributed by atoms with Crippen molar-refractivity contribution in [2.24, 2.45) is 7.05 Å². The van der Waals surface area contributed by atoms with Crippen molar-refractivity contribution in [2.45, 2.75) is 25.3 Å². The Bertz CT molecular complexity index is 1290. The van der Waals surface area contributed by atoms with E-state index >= 15 is 0 Å². The highest BCUT2D eigenvalue weighted by atomic mass is 16.1. The van der Waals surface area contributed by atoms with Crippen LogP contribution in [0.3, 0.4) is 0 Å². The fourth-order valence-corrected chi connectivity index (χ4v) is 4.46. The minimum Gasteiger partial charge on any atom is -0.356 e. The summed E-state index contributed by atoms with van der Waals surface area (Å²) < 4.78 is 1.79. The smallest absolute Gasteiger partial charge is 0.169 e. The summed E-state index contributed by atoms with van der Waals surface area (Å²) in [7, 11) is 3.92. The fraction of sp³-hybridized carbons (Fsp3) is 0.308. The molecular weight excluding hydrogens is 412 g/mol. The van der Waals surface area contributed by atoms with E-state index in [2.05, 4.69) is 43.5 Å². The summed E-state index contributed by atoms with van der Waals surface area (Å²) in [4.78, 5) is 24.4. The van der Waals surface area contributed by atoms with Crippen molar-refractivity contribution in [3.63, 3.8) is 0 Å². The molecule has 5 rings (SSSR count). The van der Waals surface area contributed by atoms with Crippen LogP contribution in [0.4, 0.5) is 5.82 Å². The molecule has 1 fully saturated rings. The second-order valence-corrected chi connectivity index (χ2v) is 8.69. The van der Waals surface area contributed by atoms with Gasteiger partial charge >= 0.3 is 0 Å². The van der Waals surface area contributed by atoms with Gasteiger partial charge < -0.3 is 10.2 Å². The molecule has 1 saturated heterocycles. The number of Topliss-reactive ketones (excluding diaryl/α,β-unsaturated/α-hetero) is 1. The molecule has 0 radical (unpaired) electrons. The summed E-state index contributed by atoms with van der Waals surface area (Å²) in [5, 5.41) is 9.72. The highest BCUT2D eigenvalue weighted by Crippen LogP contribution is 2.25. The highest BCUT2D eigenvalue weighted by molar-refractivity contribution is 5.98. The number of rotatable bonds is 6. The third kappa shape index (κ3) is 4.64. The van der Waals surface area contributed by atoms with E-state index in [1.54, 1.807) is 16.9 Å². The first kappa shape index (κ1) is 21.3. The predicted octanol–water partition coefficient (Wildman–Crippen LogP) is 3.64. The van der Waals surface area contributed by atoms with Crippen LogP contribution in [0.15, 0.2) is 61.2 Å². The molecule has 4 aromatic rings. The van der Waals surface area contributed by atoms with Crippen molar-refractivity contribution in [3.8, 4) is 11.1 Å². The number of fused-ring (bicyclic) bond motifs is 1. The molecule has 33 heavy (non-hydrogen) atoms. The molecule has 4 heterocycles. The third-order valence-electron chi connectivity index (χ3n) is 6.45. The normalized spacial score (nSPS) is 14.7. The first-order valence-electron chi connectivity index (χ1n) is 11.4. The van der Waals surface area contributed by atoms with Gasteiger partial charge in [0.1, 0.15) is 5.82 Å². The lowest BCUT2D eigenvalue weighted by Gasteiger charge is -2.32. The first-order valence-corrected chi connectivity index (χ1v) is 11.4. The SMILES string of the molecule is CNC1CCN(c2cc(C(=O)Cc3cc4cc(-c5cnn(C)c5)ccc4cn3)ccn2)CC1. The Balaban J connectivity index is 1.33. The van der Waals surface area contributed by atoms with Gasteiger partial charge in [0.2, 0.25) is 0 Å². The minimum absolute atomic E-state index is 0.0547. The zero-order valence-corrected chi connectivity index (χ0v) is 19.0. The molecule has 1 aromatic carbocycles. The molecule has 0 unspecified atom stereocenters. The van der Waals surface area contributed by atoms with Crippen LogP contribution >= 0.6 is 0 Å². The average molecular weight is 441 g/mol. The lowest BCUT2D eigenvalue weighted by atomic mass is 10.0. The second-order valence-electron chi connectivity index (χ2n) is 8.69. The average Bonchev–Trinajstić information content (AvgIpc) is 3.30. The van der Waals surface area contributed by atoms with Gasteiger partial charge in [-0.05, 0) is 55.1 Å². The van der Waals surface area contributed by atoms with Crippen LogP contribution in [0.5, 0.6) is 0 Å². The molecule has 0 bridgehead atoms. The van der Waals surface area contributed by atoms with Gasteiger partial charge in [-0.2, -0.15) is 5.10 Å². The molecule has 0 saturated carbocycles. The Morgan fingerprint density at radius 1 is 1.03 bits per heavy atom. The monoisotopic (exact) mass is 440 g/mol. The Kier molecular flexibility index (Phi) is 5.88. The minimum atomic E-state index is 0.0547. The molecule has 1 aliphatic rings. The molecule has 1 aliphatic heterocycles. The molecule has 0 aliphatic carbocycles. The largest absolute Gasteiger partial charge is 0.356 e. The number of ketones is 1. The van der Waals surface area contributed by atoms with Crippen LogP contribution in [0, 0.1) is 0 Å². The molecule has 7 heteroatoms. The lowest BCUT2D eigenvalue weighted by Crippen LogP contribution is -2.41. The number of anilines is 1. The summed E-state index contributed by atoms with van der Waals surface area (Å²) in [6.45, 7) is 1.89. The number of aryl methyl sites for hydroxylation is 1. The van der Waals surface area contributed by atoms with Gasteiger partial charge in [-0.25, -0.2) is 4.98 Å². The van der Waals surface area contributed by atoms with E-state index in [9.17, 15) is 4.79 Å². The quantitative estimate of drug-likeness (QED) is 0.462. The van der Waals surface area contributed by atoms with Crippen LogP contribution in [-0.2, 0) is 13.5 Å². The number of carbonyl (C=O) groups is 1. The number of carbonyl (C=O) groups excluding carboxylic acids is 1. The van der Waals surface area contributed by atoms with Crippen molar-refractivity contribution < 1.29 is 4.79 Å². The zero-order valence-electron chi connectivity index (χ0n) is 19.0. The number of nitrogens with zero attached hydrogens (tertiary/aromatic N) is 5. The zero-order chi connectivity index (χ0) is 22.8. The number of hydrogen-bond donors (Lipinski definition) is 1. The molecular formula is C26H28N6O. The maximum Gasteiger partial charge on any atom is 0.169 e. The molecule has 0 spiro atoms. The number of hydrogen-bond acceptors (Lipinski definition) is 6. The summed E-state index contributed by atoms with van der Waals surface area (Å²) >= 11 is 0. The van der Waals surface area contributed by atoms with Crippen LogP contribution in [0.2, 0.25) is 0 Å². The maximum atomic E-state index is 13.1. The number of nitrogens with one attached hydrogen (secondary N) is 1. The van der Waals surface area contributed by atoms with Crippen LogP contribution < -0.4 is 10.2 Å². The van der Waals surface area contributed by atoms with Gasteiger partial charge in [-0.1, -0.05) is 12.1 Å². The standard InChI is InChI=1S/C26H28N6O/c1-27-23-6-9-32(10-7-23)26-13-19(5-8-28-26)25(33)14-24-12-21-11-18(3-4-20(21)15-29-24)22-16-30-31(2)17-22/h3-5,8,11-13,15-17,23,27H,6-7,9-10,14H2,1-2H3. The summed E-state index contributed by atoms with van der Waals surface area (Å²) in [6.07, 6.45) is 9.86. The molecule has 0 atom stereocenters. The van der Waals surface area contributed by atoms with Crippen molar-refractivity contribution in [1.82, 2.24) is 25.1 Å². The van der Waals surface area contributed by atoms with Crippen LogP contribution in [0.25, 0.3) is 21.9 Å². The first-order chi connectivity index (χ1) is 16.1. The fourth-order valence-electron chi connectivity index (χ4n) is 4.46. The number of benzene rings is 1. The molecule has 1 N–H and O–H groups in total. The van der Waals surface area contributed by atoms with Gasteiger partial charge in [0.05, 0.1) is 12.6 Å². The summed E-state index contributed by atoms with van der Waals surface area (Å²) in [6, 6.07) is 12.5. The Morgan fingerprint density at radius 2 is 1.88 bits per heavy atom. The molecule has 0 amide bonds. The van der Waals surface area contributed by atoms with Gasteiger partial charge in [0, 0.05) is 67.0 Å². The van der Waals surface area contributed by atoms with E-state index in [-0.39, 0.29) is 12.2 Å². The van der Waals surface area contributed by atoms with Crippen molar-refractivity contribution >= 4 is 22.4 Å². The van der Waals surface area contributed by atoms with E-state index in [0.29, 0.717) is 11.6 Å². The summed E-state index contributed by atoms with van der Waals surface area (Å²) in [5.41, 5.74) is 3.61. The van der Waals surface area contributed by atoms with Gasteiger partial charge in [0.15, 0.2) is 5.78 Å². The summed E-state index contributed by atoms with van der Waals surface area (Å²) in [5.74, 6) is 0.932. The van der Waals surface area contributed by atoms with E-state index in [4.69, 9.17) is 0 Å². The Morgan fingerprint density at radius 3 is 2.64 bits per heavy atom. The number of pyridine rings is 2. The van der Waals surface area contributed by atoms with E-state index in [0.717, 1.165) is 59.3 Å². The lowest BCUT2D eigenvalue weighted by molar-refractivity contribution is 0.0992. The van der Waals surface area contributed by atoms with Gasteiger partial charge in [0.25, 0.3) is 0 Å². The highest BCUT2D eigenvalue weighted by Gasteiger charge is 2.20. The Labute approximate surface area is 193 Å². The van der Waals surface area contributed by atoms with E-state index in [1.165, 1.54) is 0 Å². The second kappa shape index (κ2) is 9.11. The van der Waals surface area contributed by atoms with Crippen molar-refractivity contribution in [3.05, 3.63) is 72.4 Å². The number of aromatic nitrogens is 4. The predicted molar refractivity (Wildman–Crippen MR) is 131 cm³/mol. The van der Waals surface area contributed by atoms with Crippen molar-refractivity contribution in [2.75, 3.05) is 25.0 Å². The molecule has 3 aromatic heterocycles. The van der Waals surface area contributed by atoms with Gasteiger partial charge in [-0.15, -0.1) is 0 Å². The Hall–Kier alpha value is -3.58. The number of piperidine rings is 1. The van der Waals surface area contributed by atoms with Crippen LogP contribution in [0.1, 0.15) is 28.9 Å². The van der Waals surface area contributed by atoms with E-state index < -0.39 is 0 Å².